The van der Waals surface area contributed by atoms with Gasteiger partial charge in [-0.05, 0) is 69.7 Å². The number of ketones is 1. The Bertz CT molecular complexity index is 1460. The van der Waals surface area contributed by atoms with Crippen LogP contribution in [0.5, 0.6) is 11.5 Å². The second-order valence-corrected chi connectivity index (χ2v) is 9.01. The van der Waals surface area contributed by atoms with Crippen molar-refractivity contribution in [2.75, 3.05) is 13.4 Å². The van der Waals surface area contributed by atoms with Gasteiger partial charge in [-0.3, -0.25) is 4.79 Å². The van der Waals surface area contributed by atoms with Crippen LogP contribution in [-0.2, 0) is 11.3 Å². The number of hydrogen-bond donors (Lipinski definition) is 0. The van der Waals surface area contributed by atoms with E-state index >= 15 is 0 Å². The zero-order chi connectivity index (χ0) is 25.4. The highest BCUT2D eigenvalue weighted by atomic mass is 16.7. The summed E-state index contributed by atoms with van der Waals surface area (Å²) in [6.07, 6.45) is 0. The van der Waals surface area contributed by atoms with E-state index in [0.717, 1.165) is 45.5 Å². The summed E-state index contributed by atoms with van der Waals surface area (Å²) >= 11 is 0. The van der Waals surface area contributed by atoms with Crippen LogP contribution < -0.4 is 9.47 Å². The molecule has 0 radical (unpaired) electrons. The van der Waals surface area contributed by atoms with Crippen molar-refractivity contribution in [2.45, 2.75) is 34.2 Å². The van der Waals surface area contributed by atoms with E-state index in [0.29, 0.717) is 17.7 Å². The smallest absolute Gasteiger partial charge is 0.340 e. The van der Waals surface area contributed by atoms with E-state index in [1.54, 1.807) is 6.07 Å². The van der Waals surface area contributed by atoms with Gasteiger partial charge in [0.05, 0.1) is 5.56 Å². The van der Waals surface area contributed by atoms with Crippen molar-refractivity contribution >= 4 is 11.8 Å². The second-order valence-electron chi connectivity index (χ2n) is 9.01. The van der Waals surface area contributed by atoms with Gasteiger partial charge in [0.1, 0.15) is 0 Å². The molecule has 0 saturated carbocycles. The molecule has 184 valence electrons. The Balaban J connectivity index is 1.29. The molecule has 0 amide bonds. The molecule has 0 saturated heterocycles. The molecule has 0 bridgehead atoms. The molecule has 0 aliphatic carbocycles. The molecule has 7 nitrogen and oxygen atoms in total. The van der Waals surface area contributed by atoms with E-state index in [2.05, 4.69) is 4.57 Å². The Morgan fingerprint density at radius 1 is 0.833 bits per heavy atom. The number of para-hydroxylation sites is 1. The van der Waals surface area contributed by atoms with E-state index < -0.39 is 5.97 Å². The molecule has 1 aliphatic heterocycles. The Morgan fingerprint density at radius 2 is 1.56 bits per heavy atom. The van der Waals surface area contributed by atoms with Gasteiger partial charge in [-0.1, -0.05) is 24.3 Å². The minimum Gasteiger partial charge on any atom is -0.454 e. The van der Waals surface area contributed by atoms with Gasteiger partial charge in [-0.15, -0.1) is 0 Å². The lowest BCUT2D eigenvalue weighted by Crippen LogP contribution is -2.16. The van der Waals surface area contributed by atoms with E-state index in [-0.39, 0.29) is 19.2 Å². The van der Waals surface area contributed by atoms with E-state index in [4.69, 9.17) is 14.2 Å². The number of nitrogens with zero attached hydrogens (tertiary/aromatic N) is 2. The van der Waals surface area contributed by atoms with Crippen LogP contribution in [0.2, 0.25) is 0 Å². The molecular formula is C29H28N2O5. The summed E-state index contributed by atoms with van der Waals surface area (Å²) in [5.74, 6) is 0.727. The zero-order valence-corrected chi connectivity index (χ0v) is 20.8. The monoisotopic (exact) mass is 484 g/mol. The highest BCUT2D eigenvalue weighted by Gasteiger charge is 2.22. The lowest BCUT2D eigenvalue weighted by molar-refractivity contribution is 0.0474. The summed E-state index contributed by atoms with van der Waals surface area (Å²) < 4.78 is 20.4. The van der Waals surface area contributed by atoms with Gasteiger partial charge >= 0.3 is 5.97 Å². The number of hydrogen-bond acceptors (Lipinski definition) is 5. The lowest BCUT2D eigenvalue weighted by atomic mass is 10.1. The first-order valence-electron chi connectivity index (χ1n) is 11.8. The van der Waals surface area contributed by atoms with Gasteiger partial charge < -0.3 is 23.3 Å². The fourth-order valence-corrected chi connectivity index (χ4v) is 4.78. The molecule has 2 aromatic carbocycles. The summed E-state index contributed by atoms with van der Waals surface area (Å²) in [7, 11) is 0. The standard InChI is InChI=1S/C29H28N2O5/c1-18-12-24(20(3)30(18)15-22-10-11-27-28(14-22)36-17-35-27)26(32)16-34-29(33)25-13-19(2)31(21(25)4)23-8-6-5-7-9-23/h5-14H,15-17H2,1-4H3. The molecule has 0 N–H and O–H groups in total. The summed E-state index contributed by atoms with van der Waals surface area (Å²) in [5.41, 5.74) is 6.49. The highest BCUT2D eigenvalue weighted by molar-refractivity contribution is 6.00. The minimum absolute atomic E-state index is 0.230. The van der Waals surface area contributed by atoms with Crippen LogP contribution in [0.4, 0.5) is 0 Å². The second kappa shape index (κ2) is 9.41. The number of aromatic nitrogens is 2. The van der Waals surface area contributed by atoms with Crippen LogP contribution in [0.1, 0.15) is 49.1 Å². The Labute approximate surface area is 209 Å². The number of ether oxygens (including phenoxy) is 3. The molecule has 4 aromatic rings. The van der Waals surface area contributed by atoms with Crippen LogP contribution in [-0.4, -0.2) is 34.3 Å². The third kappa shape index (κ3) is 4.28. The van der Waals surface area contributed by atoms with Gasteiger partial charge in [0.2, 0.25) is 12.6 Å². The van der Waals surface area contributed by atoms with E-state index in [9.17, 15) is 9.59 Å². The topological polar surface area (TPSA) is 71.7 Å². The largest absolute Gasteiger partial charge is 0.454 e. The number of fused-ring (bicyclic) bond motifs is 1. The number of rotatable bonds is 7. The predicted octanol–water partition coefficient (Wildman–Crippen LogP) is 5.33. The number of benzene rings is 2. The Hall–Kier alpha value is -4.26. The average molecular weight is 485 g/mol. The summed E-state index contributed by atoms with van der Waals surface area (Å²) in [6.45, 7) is 8.19. The van der Waals surface area contributed by atoms with Crippen LogP contribution in [0.15, 0.2) is 60.7 Å². The zero-order valence-electron chi connectivity index (χ0n) is 20.8. The molecule has 0 spiro atoms. The maximum Gasteiger partial charge on any atom is 0.340 e. The average Bonchev–Trinajstić information content (AvgIpc) is 3.54. The molecular weight excluding hydrogens is 456 g/mol. The number of Topliss-reactive ketones (excluding diaryl/α,β-unsaturated/α-hetero) is 1. The Kier molecular flexibility index (Phi) is 6.14. The molecule has 7 heteroatoms. The molecule has 0 unspecified atom stereocenters. The highest BCUT2D eigenvalue weighted by Crippen LogP contribution is 2.33. The van der Waals surface area contributed by atoms with Crippen molar-refractivity contribution in [1.29, 1.82) is 0 Å². The molecule has 0 atom stereocenters. The van der Waals surface area contributed by atoms with Crippen molar-refractivity contribution in [1.82, 2.24) is 9.13 Å². The van der Waals surface area contributed by atoms with Gasteiger partial charge in [0.15, 0.2) is 18.1 Å². The first kappa shape index (κ1) is 23.5. The summed E-state index contributed by atoms with van der Waals surface area (Å²) in [5, 5.41) is 0. The normalized spacial score (nSPS) is 12.1. The maximum atomic E-state index is 13.0. The number of esters is 1. The van der Waals surface area contributed by atoms with Crippen LogP contribution >= 0.6 is 0 Å². The molecule has 0 fully saturated rings. The number of aryl methyl sites for hydroxylation is 2. The quantitative estimate of drug-likeness (QED) is 0.262. The van der Waals surface area contributed by atoms with Crippen molar-refractivity contribution in [3.8, 4) is 17.2 Å². The molecule has 5 rings (SSSR count). The molecule has 1 aliphatic rings. The summed E-state index contributed by atoms with van der Waals surface area (Å²) in [4.78, 5) is 25.9. The third-order valence-corrected chi connectivity index (χ3v) is 6.65. The predicted molar refractivity (Wildman–Crippen MR) is 135 cm³/mol. The molecule has 3 heterocycles. The van der Waals surface area contributed by atoms with Crippen molar-refractivity contribution in [3.63, 3.8) is 0 Å². The fourth-order valence-electron chi connectivity index (χ4n) is 4.78. The van der Waals surface area contributed by atoms with Crippen molar-refractivity contribution < 1.29 is 23.8 Å². The van der Waals surface area contributed by atoms with E-state index in [1.165, 1.54) is 0 Å². The van der Waals surface area contributed by atoms with Gasteiger partial charge in [0.25, 0.3) is 0 Å². The van der Waals surface area contributed by atoms with Crippen molar-refractivity contribution in [2.24, 2.45) is 0 Å². The summed E-state index contributed by atoms with van der Waals surface area (Å²) in [6, 6.07) is 19.3. The maximum absolute atomic E-state index is 13.0. The number of carbonyl (C=O) groups excluding carboxylic acids is 2. The third-order valence-electron chi connectivity index (χ3n) is 6.65. The minimum atomic E-state index is -0.507. The van der Waals surface area contributed by atoms with Gasteiger partial charge in [0, 0.05) is 40.6 Å². The molecule has 2 aromatic heterocycles. The number of carbonyl (C=O) groups is 2. The van der Waals surface area contributed by atoms with Crippen LogP contribution in [0.25, 0.3) is 5.69 Å². The lowest BCUT2D eigenvalue weighted by Gasteiger charge is -2.11. The molecule has 36 heavy (non-hydrogen) atoms. The Morgan fingerprint density at radius 3 is 2.33 bits per heavy atom. The van der Waals surface area contributed by atoms with Gasteiger partial charge in [-0.2, -0.15) is 0 Å². The fraction of sp³-hybridized carbons (Fsp3) is 0.241. The van der Waals surface area contributed by atoms with Gasteiger partial charge in [-0.25, -0.2) is 4.79 Å². The van der Waals surface area contributed by atoms with Crippen LogP contribution in [0, 0.1) is 27.7 Å². The van der Waals surface area contributed by atoms with Crippen molar-refractivity contribution in [3.05, 3.63) is 100 Å². The first-order chi connectivity index (χ1) is 17.3. The first-order valence-corrected chi connectivity index (χ1v) is 11.8. The SMILES string of the molecule is Cc1cc(C(=O)COC(=O)c2cc(C)n(-c3ccccc3)c2C)c(C)n1Cc1ccc2c(c1)OCO2. The van der Waals surface area contributed by atoms with E-state index in [1.807, 2.05) is 86.9 Å². The van der Waals surface area contributed by atoms with Crippen LogP contribution in [0.3, 0.4) is 0 Å².